The maximum Gasteiger partial charge on any atom is 0.263 e. The lowest BCUT2D eigenvalue weighted by molar-refractivity contribution is 0.0956. The number of halogens is 3. The van der Waals surface area contributed by atoms with Gasteiger partial charge in [-0.25, -0.2) is 9.37 Å². The lowest BCUT2D eigenvalue weighted by Gasteiger charge is -2.03. The summed E-state index contributed by atoms with van der Waals surface area (Å²) in [5.74, 6) is 0.133. The molecule has 0 fully saturated rings. The molecule has 0 aliphatic heterocycles. The minimum atomic E-state index is -0.309. The molecule has 0 saturated heterocycles. The number of nitrogens with two attached hydrogens (primary N) is 1. The van der Waals surface area contributed by atoms with Crippen LogP contribution in [0.3, 0.4) is 0 Å². The van der Waals surface area contributed by atoms with Crippen molar-refractivity contribution in [3.63, 3.8) is 0 Å². The molecule has 1 aromatic carbocycles. The standard InChI is InChI=1S/C16H20FN3O2S.2ClH/c1-11-15(16(21)19-9-3-2-8-18)23-14(20-11)10-22-13-6-4-12(17)5-7-13;;/h4-7H,2-3,8-10,18H2,1H3,(H,19,21);2*1H. The van der Waals surface area contributed by atoms with Crippen LogP contribution in [-0.4, -0.2) is 24.0 Å². The molecule has 0 atom stereocenters. The molecule has 0 spiro atoms. The van der Waals surface area contributed by atoms with Gasteiger partial charge in [0.1, 0.15) is 28.1 Å². The van der Waals surface area contributed by atoms with Gasteiger partial charge in [0.25, 0.3) is 5.91 Å². The number of nitrogens with zero attached hydrogens (tertiary/aromatic N) is 1. The van der Waals surface area contributed by atoms with Crippen molar-refractivity contribution in [3.05, 3.63) is 45.7 Å². The Morgan fingerprint density at radius 2 is 1.96 bits per heavy atom. The Bertz CT molecular complexity index is 653. The van der Waals surface area contributed by atoms with Crippen LogP contribution in [0.15, 0.2) is 24.3 Å². The fraction of sp³-hybridized carbons (Fsp3) is 0.375. The first-order valence-electron chi connectivity index (χ1n) is 7.43. The Morgan fingerprint density at radius 1 is 1.28 bits per heavy atom. The molecule has 0 radical (unpaired) electrons. The fourth-order valence-corrected chi connectivity index (χ4v) is 2.85. The Morgan fingerprint density at radius 3 is 2.60 bits per heavy atom. The zero-order valence-corrected chi connectivity index (χ0v) is 16.2. The van der Waals surface area contributed by atoms with Gasteiger partial charge in [0, 0.05) is 6.54 Å². The maximum atomic E-state index is 12.8. The number of carbonyl (C=O) groups excluding carboxylic acids is 1. The van der Waals surface area contributed by atoms with Crippen molar-refractivity contribution in [1.29, 1.82) is 0 Å². The van der Waals surface area contributed by atoms with Crippen LogP contribution in [0.1, 0.15) is 33.2 Å². The van der Waals surface area contributed by atoms with E-state index in [0.29, 0.717) is 34.4 Å². The van der Waals surface area contributed by atoms with E-state index >= 15 is 0 Å². The highest BCUT2D eigenvalue weighted by molar-refractivity contribution is 7.13. The van der Waals surface area contributed by atoms with Crippen LogP contribution in [-0.2, 0) is 6.61 Å². The van der Waals surface area contributed by atoms with Crippen LogP contribution in [0.4, 0.5) is 4.39 Å². The van der Waals surface area contributed by atoms with Gasteiger partial charge in [0.2, 0.25) is 0 Å². The van der Waals surface area contributed by atoms with Crippen molar-refractivity contribution in [2.75, 3.05) is 13.1 Å². The number of unbranched alkanes of at least 4 members (excludes halogenated alkanes) is 1. The summed E-state index contributed by atoms with van der Waals surface area (Å²) < 4.78 is 18.4. The van der Waals surface area contributed by atoms with E-state index in [1.807, 2.05) is 0 Å². The third-order valence-electron chi connectivity index (χ3n) is 3.14. The number of hydrogen-bond donors (Lipinski definition) is 2. The van der Waals surface area contributed by atoms with E-state index in [2.05, 4.69) is 10.3 Å². The zero-order valence-electron chi connectivity index (χ0n) is 13.8. The Kier molecular flexibility index (Phi) is 11.3. The summed E-state index contributed by atoms with van der Waals surface area (Å²) in [5, 5.41) is 3.57. The van der Waals surface area contributed by atoms with Gasteiger partial charge in [-0.3, -0.25) is 4.79 Å². The Balaban J connectivity index is 0.00000288. The number of ether oxygens (including phenoxy) is 1. The van der Waals surface area contributed by atoms with E-state index < -0.39 is 0 Å². The van der Waals surface area contributed by atoms with Crippen LogP contribution in [0.5, 0.6) is 5.75 Å². The molecule has 1 heterocycles. The quantitative estimate of drug-likeness (QED) is 0.654. The van der Waals surface area contributed by atoms with E-state index in [0.717, 1.165) is 12.8 Å². The van der Waals surface area contributed by atoms with Crippen molar-refractivity contribution in [3.8, 4) is 5.75 Å². The van der Waals surface area contributed by atoms with Gasteiger partial charge < -0.3 is 15.8 Å². The topological polar surface area (TPSA) is 77.2 Å². The molecular formula is C16H22Cl2FN3O2S. The number of hydrogen-bond acceptors (Lipinski definition) is 5. The fourth-order valence-electron chi connectivity index (χ4n) is 1.95. The van der Waals surface area contributed by atoms with Crippen molar-refractivity contribution in [2.24, 2.45) is 5.73 Å². The lowest BCUT2D eigenvalue weighted by Crippen LogP contribution is -2.24. The van der Waals surface area contributed by atoms with E-state index in [4.69, 9.17) is 10.5 Å². The Labute approximate surface area is 163 Å². The van der Waals surface area contributed by atoms with Crippen LogP contribution in [0.25, 0.3) is 0 Å². The molecule has 2 aromatic rings. The van der Waals surface area contributed by atoms with E-state index in [1.54, 1.807) is 19.1 Å². The second-order valence-electron chi connectivity index (χ2n) is 5.02. The number of carbonyl (C=O) groups is 1. The van der Waals surface area contributed by atoms with Gasteiger partial charge >= 0.3 is 0 Å². The molecule has 0 aliphatic carbocycles. The Hall–Kier alpha value is -1.41. The van der Waals surface area contributed by atoms with Crippen molar-refractivity contribution in [2.45, 2.75) is 26.4 Å². The van der Waals surface area contributed by atoms with Crippen LogP contribution >= 0.6 is 36.2 Å². The largest absolute Gasteiger partial charge is 0.486 e. The molecule has 0 unspecified atom stereocenters. The van der Waals surface area contributed by atoms with Gasteiger partial charge in [-0.05, 0) is 50.6 Å². The number of benzene rings is 1. The monoisotopic (exact) mass is 409 g/mol. The molecular weight excluding hydrogens is 388 g/mol. The van der Waals surface area contributed by atoms with Gasteiger partial charge in [0.15, 0.2) is 0 Å². The van der Waals surface area contributed by atoms with Crippen LogP contribution in [0.2, 0.25) is 0 Å². The molecule has 0 aliphatic rings. The number of aryl methyl sites for hydroxylation is 1. The summed E-state index contributed by atoms with van der Waals surface area (Å²) in [5.41, 5.74) is 6.10. The van der Waals surface area contributed by atoms with Crippen LogP contribution in [0, 0.1) is 12.7 Å². The summed E-state index contributed by atoms with van der Waals surface area (Å²) in [4.78, 5) is 17.0. The minimum Gasteiger partial charge on any atom is -0.486 e. The number of nitrogens with one attached hydrogen (secondary N) is 1. The molecule has 140 valence electrons. The number of rotatable bonds is 8. The summed E-state index contributed by atoms with van der Waals surface area (Å²) >= 11 is 1.31. The molecule has 1 aromatic heterocycles. The first-order valence-corrected chi connectivity index (χ1v) is 8.24. The highest BCUT2D eigenvalue weighted by Gasteiger charge is 2.15. The molecule has 5 nitrogen and oxygen atoms in total. The molecule has 1 amide bonds. The zero-order chi connectivity index (χ0) is 16.7. The van der Waals surface area contributed by atoms with E-state index in [-0.39, 0.29) is 43.1 Å². The first kappa shape index (κ1) is 23.6. The lowest BCUT2D eigenvalue weighted by atomic mass is 10.3. The van der Waals surface area contributed by atoms with Gasteiger partial charge in [-0.1, -0.05) is 0 Å². The number of amides is 1. The highest BCUT2D eigenvalue weighted by Crippen LogP contribution is 2.20. The molecule has 3 N–H and O–H groups in total. The summed E-state index contributed by atoms with van der Waals surface area (Å²) in [7, 11) is 0. The summed E-state index contributed by atoms with van der Waals surface area (Å²) in [6, 6.07) is 5.78. The van der Waals surface area contributed by atoms with Gasteiger partial charge in [-0.15, -0.1) is 36.2 Å². The summed E-state index contributed by atoms with van der Waals surface area (Å²) in [6.07, 6.45) is 1.75. The maximum absolute atomic E-state index is 12.8. The first-order chi connectivity index (χ1) is 11.1. The average molecular weight is 410 g/mol. The second-order valence-corrected chi connectivity index (χ2v) is 6.10. The predicted octanol–water partition coefficient (Wildman–Crippen LogP) is 3.48. The molecule has 2 rings (SSSR count). The summed E-state index contributed by atoms with van der Waals surface area (Å²) in [6.45, 7) is 3.28. The van der Waals surface area contributed by atoms with Crippen molar-refractivity contribution >= 4 is 42.1 Å². The van der Waals surface area contributed by atoms with E-state index in [1.165, 1.54) is 23.5 Å². The van der Waals surface area contributed by atoms with Crippen molar-refractivity contribution < 1.29 is 13.9 Å². The number of thiazole rings is 1. The predicted molar refractivity (Wildman–Crippen MR) is 103 cm³/mol. The molecule has 0 bridgehead atoms. The SMILES string of the molecule is Cc1nc(COc2ccc(F)cc2)sc1C(=O)NCCCCN.Cl.Cl. The normalized spacial score (nSPS) is 9.72. The third kappa shape index (κ3) is 7.56. The van der Waals surface area contributed by atoms with Crippen molar-refractivity contribution in [1.82, 2.24) is 10.3 Å². The van der Waals surface area contributed by atoms with Gasteiger partial charge in [0.05, 0.1) is 5.69 Å². The van der Waals surface area contributed by atoms with E-state index in [9.17, 15) is 9.18 Å². The smallest absolute Gasteiger partial charge is 0.263 e. The second kappa shape index (κ2) is 12.0. The molecule has 9 heteroatoms. The highest BCUT2D eigenvalue weighted by atomic mass is 35.5. The average Bonchev–Trinajstić information content (AvgIpc) is 2.92. The van der Waals surface area contributed by atoms with Gasteiger partial charge in [-0.2, -0.15) is 0 Å². The molecule has 25 heavy (non-hydrogen) atoms. The minimum absolute atomic E-state index is 0. The molecule has 0 saturated carbocycles. The number of aromatic nitrogens is 1. The third-order valence-corrected chi connectivity index (χ3v) is 4.27. The van der Waals surface area contributed by atoms with Crippen LogP contribution < -0.4 is 15.8 Å².